The van der Waals surface area contributed by atoms with Gasteiger partial charge in [-0.25, -0.2) is 4.39 Å². The van der Waals surface area contributed by atoms with E-state index in [9.17, 15) is 14.0 Å². The van der Waals surface area contributed by atoms with E-state index in [1.54, 1.807) is 17.9 Å². The third-order valence-corrected chi connectivity index (χ3v) is 8.51. The van der Waals surface area contributed by atoms with E-state index in [1.807, 2.05) is 36.0 Å². The molecule has 1 aliphatic heterocycles. The van der Waals surface area contributed by atoms with Crippen molar-refractivity contribution >= 4 is 52.6 Å². The van der Waals surface area contributed by atoms with E-state index in [1.165, 1.54) is 36.7 Å². The zero-order valence-corrected chi connectivity index (χ0v) is 21.4. The molecule has 1 N–H and O–H groups in total. The van der Waals surface area contributed by atoms with Crippen LogP contribution in [0.1, 0.15) is 38.7 Å². The van der Waals surface area contributed by atoms with E-state index in [4.69, 9.17) is 11.6 Å². The molecule has 2 atom stereocenters. The smallest absolute Gasteiger partial charge is 0.241 e. The Morgan fingerprint density at radius 2 is 2.00 bits per heavy atom. The fourth-order valence-electron chi connectivity index (χ4n) is 3.57. The quantitative estimate of drug-likeness (QED) is 0.369. The highest BCUT2D eigenvalue weighted by Gasteiger charge is 2.39. The summed E-state index contributed by atoms with van der Waals surface area (Å²) in [5, 5.41) is 2.73. The number of hydrogen-bond acceptors (Lipinski definition) is 4. The average Bonchev–Trinajstić information content (AvgIpc) is 2.81. The van der Waals surface area contributed by atoms with Crippen LogP contribution in [0.5, 0.6) is 0 Å². The molecule has 0 aliphatic carbocycles. The molecule has 0 radical (unpaired) electrons. The monoisotopic (exact) mass is 508 g/mol. The molecule has 4 nitrogen and oxygen atoms in total. The highest BCUT2D eigenvalue weighted by molar-refractivity contribution is 8.01. The largest absolute Gasteiger partial charge is 0.356 e. The maximum Gasteiger partial charge on any atom is 0.241 e. The van der Waals surface area contributed by atoms with Gasteiger partial charge in [-0.2, -0.15) is 11.8 Å². The number of benzene rings is 2. The highest BCUT2D eigenvalue weighted by atomic mass is 35.5. The number of para-hydroxylation sites is 1. The van der Waals surface area contributed by atoms with Gasteiger partial charge >= 0.3 is 0 Å². The molecule has 0 fully saturated rings. The summed E-state index contributed by atoms with van der Waals surface area (Å²) < 4.78 is 13.5. The molecular formula is C25H30ClFN2O2S2. The van der Waals surface area contributed by atoms with Crippen molar-refractivity contribution in [3.05, 3.63) is 58.9 Å². The van der Waals surface area contributed by atoms with Crippen molar-refractivity contribution in [1.82, 2.24) is 5.32 Å². The number of carbonyl (C=O) groups is 2. The van der Waals surface area contributed by atoms with Crippen molar-refractivity contribution in [3.8, 4) is 0 Å². The fraction of sp³-hybridized carbons (Fsp3) is 0.440. The van der Waals surface area contributed by atoms with Crippen LogP contribution in [0.3, 0.4) is 0 Å². The molecule has 0 saturated heterocycles. The predicted molar refractivity (Wildman–Crippen MR) is 138 cm³/mol. The lowest BCUT2D eigenvalue weighted by atomic mass is 10.0. The number of halogens is 2. The van der Waals surface area contributed by atoms with E-state index in [2.05, 4.69) is 12.2 Å². The lowest BCUT2D eigenvalue weighted by Gasteiger charge is -2.36. The summed E-state index contributed by atoms with van der Waals surface area (Å²) in [5.74, 6) is 1.01. The minimum atomic E-state index is -0.543. The van der Waals surface area contributed by atoms with E-state index in [-0.39, 0.29) is 23.4 Å². The van der Waals surface area contributed by atoms with E-state index in [0.717, 1.165) is 28.5 Å². The summed E-state index contributed by atoms with van der Waals surface area (Å²) in [5.41, 5.74) is 1.44. The zero-order valence-electron chi connectivity index (χ0n) is 19.0. The summed E-state index contributed by atoms with van der Waals surface area (Å²) >= 11 is 9.57. The first-order valence-electron chi connectivity index (χ1n) is 11.3. The molecule has 8 heteroatoms. The zero-order chi connectivity index (χ0) is 23.8. The Bertz CT molecular complexity index is 975. The lowest BCUT2D eigenvalue weighted by molar-refractivity contribution is -0.128. The number of fused-ring (bicyclic) bond motifs is 1. The van der Waals surface area contributed by atoms with Crippen LogP contribution in [0.25, 0.3) is 0 Å². The standard InChI is InChI=1S/C25H30ClFN2O2S2/c1-3-4-13-32-14-7-12-28-24(30)17(2)23-25(31)29(21-8-5-6-9-22(21)33-23)16-18-10-11-19(27)15-20(18)26/h5-6,8-11,15,17,23H,3-4,7,12-14,16H2,1-2H3,(H,28,30)/t17-,23+/m1/s1. The number of nitrogens with one attached hydrogen (secondary N) is 1. The molecule has 33 heavy (non-hydrogen) atoms. The van der Waals surface area contributed by atoms with Gasteiger partial charge in [0.15, 0.2) is 0 Å². The SMILES string of the molecule is CCCCSCCCNC(=O)[C@H](C)[C@@H]1Sc2ccccc2N(Cc2ccc(F)cc2Cl)C1=O. The Labute approximate surface area is 209 Å². The number of amides is 2. The maximum absolute atomic E-state index is 13.5. The normalized spacial score (nSPS) is 16.4. The van der Waals surface area contributed by atoms with Gasteiger partial charge in [0.05, 0.1) is 18.2 Å². The first-order chi connectivity index (χ1) is 15.9. The first-order valence-corrected chi connectivity index (χ1v) is 13.7. The minimum absolute atomic E-state index is 0.112. The minimum Gasteiger partial charge on any atom is -0.356 e. The summed E-state index contributed by atoms with van der Waals surface area (Å²) in [6.45, 7) is 4.81. The van der Waals surface area contributed by atoms with Crippen molar-refractivity contribution in [1.29, 1.82) is 0 Å². The molecule has 2 aromatic rings. The summed E-state index contributed by atoms with van der Waals surface area (Å²) in [6, 6.07) is 11.8. The second kappa shape index (κ2) is 12.7. The first kappa shape index (κ1) is 25.9. The van der Waals surface area contributed by atoms with Gasteiger partial charge in [0.25, 0.3) is 0 Å². The lowest BCUT2D eigenvalue weighted by Crippen LogP contribution is -2.47. The van der Waals surface area contributed by atoms with Gasteiger partial charge in [-0.15, -0.1) is 11.8 Å². The van der Waals surface area contributed by atoms with Crippen molar-refractivity contribution < 1.29 is 14.0 Å². The molecule has 3 rings (SSSR count). The molecule has 2 amide bonds. The van der Waals surface area contributed by atoms with Crippen LogP contribution < -0.4 is 10.2 Å². The van der Waals surface area contributed by atoms with Crippen LogP contribution in [-0.4, -0.2) is 35.1 Å². The van der Waals surface area contributed by atoms with E-state index in [0.29, 0.717) is 12.1 Å². The Morgan fingerprint density at radius 3 is 2.76 bits per heavy atom. The predicted octanol–water partition coefficient (Wildman–Crippen LogP) is 6.16. The number of rotatable bonds is 11. The fourth-order valence-corrected chi connectivity index (χ4v) is 6.13. The van der Waals surface area contributed by atoms with Crippen molar-refractivity contribution in [2.24, 2.45) is 5.92 Å². The number of carbonyl (C=O) groups excluding carboxylic acids is 2. The average molecular weight is 509 g/mol. The van der Waals surface area contributed by atoms with Gasteiger partial charge in [-0.1, -0.05) is 50.1 Å². The van der Waals surface area contributed by atoms with Crippen LogP contribution >= 0.6 is 35.1 Å². The van der Waals surface area contributed by atoms with Gasteiger partial charge in [0.1, 0.15) is 11.1 Å². The number of unbranched alkanes of at least 4 members (excludes halogenated alkanes) is 1. The summed E-state index contributed by atoms with van der Waals surface area (Å²) in [7, 11) is 0. The van der Waals surface area contributed by atoms with Gasteiger partial charge in [0.2, 0.25) is 11.8 Å². The molecule has 0 bridgehead atoms. The van der Waals surface area contributed by atoms with Crippen LogP contribution in [0.2, 0.25) is 5.02 Å². The van der Waals surface area contributed by atoms with Gasteiger partial charge < -0.3 is 10.2 Å². The summed E-state index contributed by atoms with van der Waals surface area (Å²) in [4.78, 5) is 28.9. The molecule has 0 unspecified atom stereocenters. The molecule has 2 aromatic carbocycles. The molecule has 178 valence electrons. The van der Waals surface area contributed by atoms with Crippen molar-refractivity contribution in [2.45, 2.75) is 49.8 Å². The van der Waals surface area contributed by atoms with Gasteiger partial charge in [-0.3, -0.25) is 9.59 Å². The molecule has 0 spiro atoms. The number of nitrogens with zero attached hydrogens (tertiary/aromatic N) is 1. The van der Waals surface area contributed by atoms with Crippen LogP contribution in [0, 0.1) is 11.7 Å². The van der Waals surface area contributed by atoms with Crippen LogP contribution in [-0.2, 0) is 16.1 Å². The van der Waals surface area contributed by atoms with Crippen LogP contribution in [0.4, 0.5) is 10.1 Å². The topological polar surface area (TPSA) is 49.4 Å². The third-order valence-electron chi connectivity index (χ3n) is 5.54. The molecule has 0 saturated carbocycles. The van der Waals surface area contributed by atoms with Crippen LogP contribution in [0.15, 0.2) is 47.4 Å². The molecule has 1 aliphatic rings. The second-order valence-electron chi connectivity index (χ2n) is 8.07. The molecule has 0 aromatic heterocycles. The van der Waals surface area contributed by atoms with Gasteiger partial charge in [0, 0.05) is 16.5 Å². The van der Waals surface area contributed by atoms with E-state index < -0.39 is 17.0 Å². The highest BCUT2D eigenvalue weighted by Crippen LogP contribution is 2.42. The Morgan fingerprint density at radius 1 is 1.24 bits per heavy atom. The third kappa shape index (κ3) is 6.90. The maximum atomic E-state index is 13.5. The number of anilines is 1. The van der Waals surface area contributed by atoms with Crippen molar-refractivity contribution in [3.63, 3.8) is 0 Å². The number of hydrogen-bond donors (Lipinski definition) is 1. The van der Waals surface area contributed by atoms with Gasteiger partial charge in [-0.05, 0) is 54.2 Å². The molecule has 1 heterocycles. The Hall–Kier alpha value is -1.70. The van der Waals surface area contributed by atoms with E-state index >= 15 is 0 Å². The second-order valence-corrected chi connectivity index (χ2v) is 10.9. The van der Waals surface area contributed by atoms with Crippen molar-refractivity contribution in [2.75, 3.05) is 23.0 Å². The Kier molecular flexibility index (Phi) is 9.95. The summed E-state index contributed by atoms with van der Waals surface area (Å²) in [6.07, 6.45) is 3.33. The molecular weight excluding hydrogens is 479 g/mol. The number of thioether (sulfide) groups is 2. The Balaban J connectivity index is 1.68.